The Kier molecular flexibility index (Phi) is 5.02. The Labute approximate surface area is 110 Å². The number of benzene rings is 1. The molecule has 1 aromatic carbocycles. The predicted octanol–water partition coefficient (Wildman–Crippen LogP) is 2.30. The van der Waals surface area contributed by atoms with Crippen molar-refractivity contribution in [3.8, 4) is 0 Å². The van der Waals surface area contributed by atoms with E-state index in [9.17, 15) is 0 Å². The minimum Gasteiger partial charge on any atom is -0.396 e. The molecule has 1 atom stereocenters. The van der Waals surface area contributed by atoms with E-state index >= 15 is 0 Å². The topological polar surface area (TPSA) is 44.3 Å². The van der Waals surface area contributed by atoms with Crippen molar-refractivity contribution in [2.24, 2.45) is 0 Å². The first-order chi connectivity index (χ1) is 8.85. The summed E-state index contributed by atoms with van der Waals surface area (Å²) < 4.78 is 0. The number of hydrogen-bond donors (Lipinski definition) is 3. The number of nitrogens with one attached hydrogen (secondary N) is 2. The maximum atomic E-state index is 9.00. The molecule has 100 valence electrons. The molecule has 1 unspecified atom stereocenters. The number of aryl methyl sites for hydroxylation is 1. The van der Waals surface area contributed by atoms with Crippen LogP contribution in [0.4, 0.5) is 5.69 Å². The molecular weight excluding hydrogens is 224 g/mol. The van der Waals surface area contributed by atoms with Crippen molar-refractivity contribution in [1.29, 1.82) is 0 Å². The van der Waals surface area contributed by atoms with Crippen LogP contribution >= 0.6 is 0 Å². The Morgan fingerprint density at radius 1 is 1.44 bits per heavy atom. The lowest BCUT2D eigenvalue weighted by molar-refractivity contribution is 0.262. The molecule has 1 heterocycles. The van der Waals surface area contributed by atoms with Gasteiger partial charge in [0, 0.05) is 31.4 Å². The van der Waals surface area contributed by atoms with Gasteiger partial charge in [-0.1, -0.05) is 25.1 Å². The second-order valence-electron chi connectivity index (χ2n) is 4.98. The van der Waals surface area contributed by atoms with E-state index < -0.39 is 0 Å². The smallest absolute Gasteiger partial charge is 0.0445 e. The number of para-hydroxylation sites is 1. The number of hydrogen-bond acceptors (Lipinski definition) is 3. The van der Waals surface area contributed by atoms with E-state index in [2.05, 4.69) is 35.8 Å². The summed E-state index contributed by atoms with van der Waals surface area (Å²) in [5.41, 5.74) is 4.12. The molecule has 0 saturated carbocycles. The van der Waals surface area contributed by atoms with Gasteiger partial charge in [-0.3, -0.25) is 0 Å². The molecule has 0 fully saturated rings. The highest BCUT2D eigenvalue weighted by Gasteiger charge is 2.13. The van der Waals surface area contributed by atoms with Crippen LogP contribution in [0, 0.1) is 0 Å². The van der Waals surface area contributed by atoms with E-state index in [1.165, 1.54) is 29.7 Å². The fraction of sp³-hybridized carbons (Fsp3) is 0.600. The van der Waals surface area contributed by atoms with Gasteiger partial charge in [0.1, 0.15) is 0 Å². The molecule has 18 heavy (non-hydrogen) atoms. The first-order valence-electron chi connectivity index (χ1n) is 7.04. The van der Waals surface area contributed by atoms with Crippen LogP contribution < -0.4 is 10.6 Å². The first-order valence-corrected chi connectivity index (χ1v) is 7.04. The average Bonchev–Trinajstić information content (AvgIpc) is 2.43. The maximum absolute atomic E-state index is 9.00. The molecule has 0 bridgehead atoms. The third-order valence-corrected chi connectivity index (χ3v) is 3.71. The van der Waals surface area contributed by atoms with E-state index in [4.69, 9.17) is 5.11 Å². The predicted molar refractivity (Wildman–Crippen MR) is 75.9 cm³/mol. The molecule has 1 aliphatic rings. The Balaban J connectivity index is 2.00. The molecule has 3 heteroatoms. The third kappa shape index (κ3) is 3.24. The standard InChI is InChI=1S/C15H24N2O/c1-2-14(8-10-18)17-11-13-6-3-5-12-7-4-9-16-15(12)13/h3,5-6,14,16-18H,2,4,7-11H2,1H3. The van der Waals surface area contributed by atoms with Gasteiger partial charge in [-0.25, -0.2) is 0 Å². The second kappa shape index (κ2) is 6.76. The molecule has 0 aliphatic carbocycles. The van der Waals surface area contributed by atoms with Gasteiger partial charge in [-0.15, -0.1) is 0 Å². The molecule has 0 amide bonds. The zero-order valence-electron chi connectivity index (χ0n) is 11.2. The van der Waals surface area contributed by atoms with Crippen molar-refractivity contribution >= 4 is 5.69 Å². The lowest BCUT2D eigenvalue weighted by atomic mass is 9.99. The molecule has 0 radical (unpaired) electrons. The Hall–Kier alpha value is -1.06. The van der Waals surface area contributed by atoms with Crippen molar-refractivity contribution in [2.75, 3.05) is 18.5 Å². The van der Waals surface area contributed by atoms with Crippen LogP contribution in [0.3, 0.4) is 0 Å². The first kappa shape index (κ1) is 13.4. The zero-order chi connectivity index (χ0) is 12.8. The van der Waals surface area contributed by atoms with Gasteiger partial charge in [0.15, 0.2) is 0 Å². The summed E-state index contributed by atoms with van der Waals surface area (Å²) in [5.74, 6) is 0. The van der Waals surface area contributed by atoms with Gasteiger partial charge in [0.25, 0.3) is 0 Å². The van der Waals surface area contributed by atoms with Gasteiger partial charge in [0.05, 0.1) is 0 Å². The third-order valence-electron chi connectivity index (χ3n) is 3.71. The SMILES string of the molecule is CCC(CCO)NCc1cccc2c1NCCC2. The monoisotopic (exact) mass is 248 g/mol. The van der Waals surface area contributed by atoms with Gasteiger partial charge >= 0.3 is 0 Å². The number of aliphatic hydroxyl groups excluding tert-OH is 1. The Morgan fingerprint density at radius 3 is 3.11 bits per heavy atom. The van der Waals surface area contributed by atoms with Crippen LogP contribution in [0.25, 0.3) is 0 Å². The summed E-state index contributed by atoms with van der Waals surface area (Å²) in [5, 5.41) is 16.1. The van der Waals surface area contributed by atoms with Crippen LogP contribution in [0.15, 0.2) is 18.2 Å². The molecule has 0 aromatic heterocycles. The van der Waals surface area contributed by atoms with Crippen LogP contribution in [0.1, 0.15) is 37.3 Å². The summed E-state index contributed by atoms with van der Waals surface area (Å²) in [6, 6.07) is 6.97. The van der Waals surface area contributed by atoms with Crippen LogP contribution in [-0.2, 0) is 13.0 Å². The lowest BCUT2D eigenvalue weighted by Crippen LogP contribution is -2.29. The summed E-state index contributed by atoms with van der Waals surface area (Å²) in [7, 11) is 0. The fourth-order valence-corrected chi connectivity index (χ4v) is 2.59. The molecule has 0 saturated heterocycles. The summed E-state index contributed by atoms with van der Waals surface area (Å²) in [4.78, 5) is 0. The number of rotatable bonds is 6. The van der Waals surface area contributed by atoms with Gasteiger partial charge < -0.3 is 15.7 Å². The molecule has 3 nitrogen and oxygen atoms in total. The quantitative estimate of drug-likeness (QED) is 0.724. The number of fused-ring (bicyclic) bond motifs is 1. The largest absolute Gasteiger partial charge is 0.396 e. The lowest BCUT2D eigenvalue weighted by Gasteiger charge is -2.23. The van der Waals surface area contributed by atoms with Crippen molar-refractivity contribution < 1.29 is 5.11 Å². The van der Waals surface area contributed by atoms with Crippen LogP contribution in [-0.4, -0.2) is 24.3 Å². The minimum absolute atomic E-state index is 0.261. The van der Waals surface area contributed by atoms with E-state index in [1.54, 1.807) is 0 Å². The maximum Gasteiger partial charge on any atom is 0.0445 e. The normalized spacial score (nSPS) is 15.9. The highest BCUT2D eigenvalue weighted by Crippen LogP contribution is 2.26. The minimum atomic E-state index is 0.261. The van der Waals surface area contributed by atoms with E-state index in [0.29, 0.717) is 6.04 Å². The highest BCUT2D eigenvalue weighted by atomic mass is 16.3. The van der Waals surface area contributed by atoms with Gasteiger partial charge in [-0.2, -0.15) is 0 Å². The molecule has 2 rings (SSSR count). The van der Waals surface area contributed by atoms with Crippen molar-refractivity contribution in [3.63, 3.8) is 0 Å². The molecule has 0 spiro atoms. The van der Waals surface area contributed by atoms with Crippen molar-refractivity contribution in [3.05, 3.63) is 29.3 Å². The van der Waals surface area contributed by atoms with Crippen molar-refractivity contribution in [1.82, 2.24) is 5.32 Å². The molecule has 1 aliphatic heterocycles. The second-order valence-corrected chi connectivity index (χ2v) is 4.98. The number of aliphatic hydroxyl groups is 1. The highest BCUT2D eigenvalue weighted by molar-refractivity contribution is 5.59. The molecular formula is C15H24N2O. The van der Waals surface area contributed by atoms with Gasteiger partial charge in [0.2, 0.25) is 0 Å². The molecule has 1 aromatic rings. The summed E-state index contributed by atoms with van der Waals surface area (Å²) >= 11 is 0. The average molecular weight is 248 g/mol. The summed E-state index contributed by atoms with van der Waals surface area (Å²) in [6.07, 6.45) is 4.30. The van der Waals surface area contributed by atoms with E-state index in [-0.39, 0.29) is 6.61 Å². The Bertz CT molecular complexity index is 379. The van der Waals surface area contributed by atoms with E-state index in [1.807, 2.05) is 0 Å². The van der Waals surface area contributed by atoms with E-state index in [0.717, 1.165) is 25.9 Å². The zero-order valence-corrected chi connectivity index (χ0v) is 11.2. The number of anilines is 1. The fourth-order valence-electron chi connectivity index (χ4n) is 2.59. The van der Waals surface area contributed by atoms with Crippen LogP contribution in [0.2, 0.25) is 0 Å². The summed E-state index contributed by atoms with van der Waals surface area (Å²) in [6.45, 7) is 4.38. The van der Waals surface area contributed by atoms with Gasteiger partial charge in [-0.05, 0) is 36.8 Å². The Morgan fingerprint density at radius 2 is 2.33 bits per heavy atom. The van der Waals surface area contributed by atoms with Crippen LogP contribution in [0.5, 0.6) is 0 Å². The molecule has 3 N–H and O–H groups in total. The van der Waals surface area contributed by atoms with Crippen molar-refractivity contribution in [2.45, 2.75) is 45.2 Å².